The summed E-state index contributed by atoms with van der Waals surface area (Å²) in [5.74, 6) is -0.347. The van der Waals surface area contributed by atoms with Crippen molar-refractivity contribution >= 4 is 15.9 Å². The molecule has 0 bridgehead atoms. The van der Waals surface area contributed by atoms with Gasteiger partial charge in [0, 0.05) is 25.2 Å². The fourth-order valence-corrected chi connectivity index (χ4v) is 4.68. The number of hydrogen-bond donors (Lipinski definition) is 1. The van der Waals surface area contributed by atoms with E-state index >= 15 is 0 Å². The van der Waals surface area contributed by atoms with Crippen molar-refractivity contribution in [2.75, 3.05) is 18.8 Å². The van der Waals surface area contributed by atoms with Gasteiger partial charge in [-0.25, -0.2) is 8.42 Å². The standard InChI is InChI=1S/C22H28N2O3S/c1-22(2,3)20-10-8-18(9-11-20)21(25)23-13-15-28(26,27)24-14-12-17-6-4-5-7-19(17)16-24/h4-11H,12-16H2,1-3H3,(H,23,25). The van der Waals surface area contributed by atoms with Gasteiger partial charge in [-0.1, -0.05) is 57.2 Å². The monoisotopic (exact) mass is 400 g/mol. The Labute approximate surface area is 167 Å². The van der Waals surface area contributed by atoms with E-state index in [-0.39, 0.29) is 23.6 Å². The van der Waals surface area contributed by atoms with E-state index in [2.05, 4.69) is 26.1 Å². The van der Waals surface area contributed by atoms with Gasteiger partial charge in [-0.2, -0.15) is 4.31 Å². The Morgan fingerprint density at radius 2 is 1.68 bits per heavy atom. The van der Waals surface area contributed by atoms with Gasteiger partial charge in [-0.3, -0.25) is 4.79 Å². The molecule has 0 radical (unpaired) electrons. The van der Waals surface area contributed by atoms with E-state index in [1.165, 1.54) is 9.87 Å². The smallest absolute Gasteiger partial charge is 0.251 e. The summed E-state index contributed by atoms with van der Waals surface area (Å²) >= 11 is 0. The molecule has 0 unspecified atom stereocenters. The molecule has 1 aliphatic heterocycles. The minimum atomic E-state index is -3.41. The predicted octanol–water partition coefficient (Wildman–Crippen LogP) is 3.10. The van der Waals surface area contributed by atoms with Crippen molar-refractivity contribution < 1.29 is 13.2 Å². The molecule has 1 N–H and O–H groups in total. The van der Waals surface area contributed by atoms with Gasteiger partial charge in [0.05, 0.1) is 5.75 Å². The Bertz CT molecular complexity index is 944. The molecule has 0 atom stereocenters. The van der Waals surface area contributed by atoms with Gasteiger partial charge < -0.3 is 5.32 Å². The van der Waals surface area contributed by atoms with Gasteiger partial charge in [0.1, 0.15) is 0 Å². The second-order valence-electron chi connectivity index (χ2n) is 8.25. The van der Waals surface area contributed by atoms with Gasteiger partial charge in [-0.15, -0.1) is 0 Å². The lowest BCUT2D eigenvalue weighted by Gasteiger charge is -2.28. The topological polar surface area (TPSA) is 66.5 Å². The predicted molar refractivity (Wildman–Crippen MR) is 112 cm³/mol. The molecule has 1 amide bonds. The third kappa shape index (κ3) is 4.80. The third-order valence-corrected chi connectivity index (χ3v) is 6.97. The number of carbonyl (C=O) groups excluding carboxylic acids is 1. The molecular formula is C22H28N2O3S. The summed E-state index contributed by atoms with van der Waals surface area (Å²) in [6.07, 6.45) is 0.724. The fraction of sp³-hybridized carbons (Fsp3) is 0.409. The summed E-state index contributed by atoms with van der Waals surface area (Å²) in [6, 6.07) is 15.4. The highest BCUT2D eigenvalue weighted by Crippen LogP contribution is 2.22. The second kappa shape index (κ2) is 8.05. The highest BCUT2D eigenvalue weighted by atomic mass is 32.2. The molecule has 1 heterocycles. The number of fused-ring (bicyclic) bond motifs is 1. The Hall–Kier alpha value is -2.18. The minimum absolute atomic E-state index is 0.0240. The summed E-state index contributed by atoms with van der Waals surface area (Å²) in [7, 11) is -3.41. The van der Waals surface area contributed by atoms with E-state index in [1.54, 1.807) is 12.1 Å². The lowest BCUT2D eigenvalue weighted by atomic mass is 9.87. The SMILES string of the molecule is CC(C)(C)c1ccc(C(=O)NCCS(=O)(=O)N2CCc3ccccc3C2)cc1. The highest BCUT2D eigenvalue weighted by molar-refractivity contribution is 7.89. The van der Waals surface area contributed by atoms with Crippen LogP contribution in [0.4, 0.5) is 0 Å². The summed E-state index contributed by atoms with van der Waals surface area (Å²) in [5.41, 5.74) is 3.98. The van der Waals surface area contributed by atoms with Crippen LogP contribution in [0, 0.1) is 0 Å². The van der Waals surface area contributed by atoms with E-state index in [9.17, 15) is 13.2 Å². The maximum absolute atomic E-state index is 12.6. The molecule has 150 valence electrons. The van der Waals surface area contributed by atoms with E-state index in [4.69, 9.17) is 0 Å². The molecule has 0 fully saturated rings. The van der Waals surface area contributed by atoms with Crippen molar-refractivity contribution in [3.8, 4) is 0 Å². The molecule has 0 saturated heterocycles. The van der Waals surface area contributed by atoms with E-state index in [1.807, 2.05) is 36.4 Å². The van der Waals surface area contributed by atoms with Gasteiger partial charge in [0.15, 0.2) is 0 Å². The summed E-state index contributed by atoms with van der Waals surface area (Å²) in [4.78, 5) is 12.3. The van der Waals surface area contributed by atoms with E-state index in [0.29, 0.717) is 18.7 Å². The summed E-state index contributed by atoms with van der Waals surface area (Å²) in [5, 5.41) is 2.73. The van der Waals surface area contributed by atoms with Crippen molar-refractivity contribution in [2.24, 2.45) is 0 Å². The quantitative estimate of drug-likeness (QED) is 0.839. The van der Waals surface area contributed by atoms with Crippen molar-refractivity contribution in [1.29, 1.82) is 0 Å². The molecule has 0 aromatic heterocycles. The van der Waals surface area contributed by atoms with Crippen LogP contribution in [0.15, 0.2) is 48.5 Å². The van der Waals surface area contributed by atoms with Crippen LogP contribution in [0.25, 0.3) is 0 Å². The summed E-state index contributed by atoms with van der Waals surface area (Å²) in [6.45, 7) is 7.34. The lowest BCUT2D eigenvalue weighted by molar-refractivity contribution is 0.0956. The number of carbonyl (C=O) groups is 1. The minimum Gasteiger partial charge on any atom is -0.351 e. The Kier molecular flexibility index (Phi) is 5.91. The van der Waals surface area contributed by atoms with Crippen molar-refractivity contribution in [2.45, 2.75) is 39.2 Å². The maximum atomic E-state index is 12.6. The van der Waals surface area contributed by atoms with Crippen LogP contribution in [0.2, 0.25) is 0 Å². The molecule has 2 aromatic rings. The van der Waals surface area contributed by atoms with Gasteiger partial charge in [0.25, 0.3) is 5.91 Å². The molecular weight excluding hydrogens is 372 g/mol. The van der Waals surface area contributed by atoms with Crippen LogP contribution in [0.5, 0.6) is 0 Å². The Morgan fingerprint density at radius 1 is 1.04 bits per heavy atom. The lowest BCUT2D eigenvalue weighted by Crippen LogP contribution is -2.40. The number of amides is 1. The van der Waals surface area contributed by atoms with Crippen LogP contribution in [-0.2, 0) is 28.4 Å². The molecule has 1 aliphatic rings. The molecule has 0 spiro atoms. The molecule has 0 aliphatic carbocycles. The normalized spacial score (nSPS) is 15.1. The zero-order chi connectivity index (χ0) is 20.4. The first-order valence-electron chi connectivity index (χ1n) is 9.60. The zero-order valence-corrected chi connectivity index (χ0v) is 17.6. The number of nitrogens with one attached hydrogen (secondary N) is 1. The molecule has 6 heteroatoms. The maximum Gasteiger partial charge on any atom is 0.251 e. The number of hydrogen-bond acceptors (Lipinski definition) is 3. The van der Waals surface area contributed by atoms with Crippen LogP contribution in [-0.4, -0.2) is 37.5 Å². The molecule has 3 rings (SSSR count). The molecule has 28 heavy (non-hydrogen) atoms. The van der Waals surface area contributed by atoms with Crippen LogP contribution < -0.4 is 5.32 Å². The van der Waals surface area contributed by atoms with E-state index < -0.39 is 10.0 Å². The van der Waals surface area contributed by atoms with Gasteiger partial charge >= 0.3 is 0 Å². The molecule has 2 aromatic carbocycles. The first-order chi connectivity index (χ1) is 13.2. The third-order valence-electron chi connectivity index (χ3n) is 5.15. The zero-order valence-electron chi connectivity index (χ0n) is 16.7. The van der Waals surface area contributed by atoms with Crippen molar-refractivity contribution in [3.05, 3.63) is 70.8 Å². The van der Waals surface area contributed by atoms with Crippen LogP contribution in [0.3, 0.4) is 0 Å². The first kappa shape index (κ1) is 20.6. The van der Waals surface area contributed by atoms with Gasteiger partial charge in [0.2, 0.25) is 10.0 Å². The average molecular weight is 401 g/mol. The number of nitrogens with zero attached hydrogens (tertiary/aromatic N) is 1. The highest BCUT2D eigenvalue weighted by Gasteiger charge is 2.26. The van der Waals surface area contributed by atoms with Crippen molar-refractivity contribution in [3.63, 3.8) is 0 Å². The van der Waals surface area contributed by atoms with Crippen molar-refractivity contribution in [1.82, 2.24) is 9.62 Å². The number of sulfonamides is 1. The largest absolute Gasteiger partial charge is 0.351 e. The fourth-order valence-electron chi connectivity index (χ4n) is 3.35. The molecule has 0 saturated carbocycles. The van der Waals surface area contributed by atoms with Crippen LogP contribution in [0.1, 0.15) is 47.8 Å². The van der Waals surface area contributed by atoms with Crippen LogP contribution >= 0.6 is 0 Å². The van der Waals surface area contributed by atoms with Gasteiger partial charge in [-0.05, 0) is 40.7 Å². The average Bonchev–Trinajstić information content (AvgIpc) is 2.67. The number of benzene rings is 2. The first-order valence-corrected chi connectivity index (χ1v) is 11.2. The Morgan fingerprint density at radius 3 is 2.32 bits per heavy atom. The molecule has 5 nitrogen and oxygen atoms in total. The van der Waals surface area contributed by atoms with E-state index in [0.717, 1.165) is 17.5 Å². The second-order valence-corrected chi connectivity index (χ2v) is 10.3. The summed E-state index contributed by atoms with van der Waals surface area (Å²) < 4.78 is 26.8. The number of rotatable bonds is 5. The Balaban J connectivity index is 1.55.